The lowest BCUT2D eigenvalue weighted by Gasteiger charge is -2.11. The van der Waals surface area contributed by atoms with Crippen molar-refractivity contribution in [3.8, 4) is 0 Å². The number of nitrogens with one attached hydrogen (secondary N) is 1. The minimum absolute atomic E-state index is 0.751. The zero-order valence-corrected chi connectivity index (χ0v) is 10.3. The van der Waals surface area contributed by atoms with E-state index in [4.69, 9.17) is 4.84 Å². The molecule has 1 N–H and O–H groups in total. The molecular weight excluding hydrogens is 214 g/mol. The zero-order valence-electron chi connectivity index (χ0n) is 8.66. The van der Waals surface area contributed by atoms with E-state index in [1.807, 2.05) is 0 Å². The fourth-order valence-electron chi connectivity index (χ4n) is 1.24. The van der Waals surface area contributed by atoms with Crippen molar-refractivity contribution in [3.05, 3.63) is 23.8 Å². The van der Waals surface area contributed by atoms with E-state index in [0.717, 1.165) is 6.54 Å². The van der Waals surface area contributed by atoms with Gasteiger partial charge in [-0.2, -0.15) is 5.48 Å². The van der Waals surface area contributed by atoms with Crippen LogP contribution in [0.2, 0.25) is 0 Å². The van der Waals surface area contributed by atoms with E-state index in [0.29, 0.717) is 0 Å². The third kappa shape index (κ3) is 2.92. The molecule has 0 aliphatic rings. The lowest BCUT2D eigenvalue weighted by molar-refractivity contribution is 0.0861. The summed E-state index contributed by atoms with van der Waals surface area (Å²) in [5, 5.41) is 0. The highest BCUT2D eigenvalue weighted by molar-refractivity contribution is 8.01. The molecule has 0 aliphatic heterocycles. The summed E-state index contributed by atoms with van der Waals surface area (Å²) in [4.78, 5) is 7.52. The Balaban J connectivity index is 2.90. The third-order valence-electron chi connectivity index (χ3n) is 1.89. The van der Waals surface area contributed by atoms with Gasteiger partial charge < -0.3 is 4.84 Å². The van der Waals surface area contributed by atoms with Crippen molar-refractivity contribution in [3.63, 3.8) is 0 Å². The summed E-state index contributed by atoms with van der Waals surface area (Å²) in [6.07, 6.45) is 4.20. The quantitative estimate of drug-likeness (QED) is 0.619. The summed E-state index contributed by atoms with van der Waals surface area (Å²) >= 11 is 3.56. The highest BCUT2D eigenvalue weighted by atomic mass is 32.2. The minimum atomic E-state index is 0.751. The SMILES string of the molecule is CONCc1cccc(SC)c1SC. The van der Waals surface area contributed by atoms with Gasteiger partial charge in [-0.15, -0.1) is 23.5 Å². The molecule has 0 radical (unpaired) electrons. The van der Waals surface area contributed by atoms with E-state index < -0.39 is 0 Å². The van der Waals surface area contributed by atoms with Gasteiger partial charge in [-0.1, -0.05) is 12.1 Å². The maximum atomic E-state index is 4.85. The molecule has 0 fully saturated rings. The van der Waals surface area contributed by atoms with Crippen molar-refractivity contribution in [1.29, 1.82) is 0 Å². The van der Waals surface area contributed by atoms with Crippen LogP contribution in [0.5, 0.6) is 0 Å². The molecule has 1 aromatic rings. The second-order valence-electron chi connectivity index (χ2n) is 2.68. The van der Waals surface area contributed by atoms with Gasteiger partial charge >= 0.3 is 0 Å². The van der Waals surface area contributed by atoms with Crippen LogP contribution in [0.25, 0.3) is 0 Å². The van der Waals surface area contributed by atoms with Gasteiger partial charge in [-0.3, -0.25) is 0 Å². The summed E-state index contributed by atoms with van der Waals surface area (Å²) in [6, 6.07) is 6.35. The number of hydrogen-bond donors (Lipinski definition) is 1. The highest BCUT2D eigenvalue weighted by Crippen LogP contribution is 2.31. The Labute approximate surface area is 93.8 Å². The third-order valence-corrected chi connectivity index (χ3v) is 3.69. The summed E-state index contributed by atoms with van der Waals surface area (Å²) in [5.74, 6) is 0. The first-order chi connectivity index (χ1) is 6.83. The van der Waals surface area contributed by atoms with Gasteiger partial charge in [-0.25, -0.2) is 0 Å². The maximum absolute atomic E-state index is 4.85. The van der Waals surface area contributed by atoms with E-state index in [9.17, 15) is 0 Å². The average molecular weight is 229 g/mol. The Hall–Kier alpha value is -0.160. The molecule has 0 aliphatic carbocycles. The molecule has 0 spiro atoms. The highest BCUT2D eigenvalue weighted by Gasteiger charge is 2.05. The monoisotopic (exact) mass is 229 g/mol. The summed E-state index contributed by atoms with van der Waals surface area (Å²) in [5.41, 5.74) is 4.15. The fourth-order valence-corrected chi connectivity index (χ4v) is 2.95. The van der Waals surface area contributed by atoms with Crippen LogP contribution in [0.1, 0.15) is 5.56 Å². The van der Waals surface area contributed by atoms with Crippen molar-refractivity contribution in [2.45, 2.75) is 16.3 Å². The molecule has 1 rings (SSSR count). The van der Waals surface area contributed by atoms with Gasteiger partial charge in [0.15, 0.2) is 0 Å². The molecule has 0 bridgehead atoms. The van der Waals surface area contributed by atoms with Crippen molar-refractivity contribution >= 4 is 23.5 Å². The molecule has 0 unspecified atom stereocenters. The van der Waals surface area contributed by atoms with Crippen LogP contribution >= 0.6 is 23.5 Å². The molecule has 2 nitrogen and oxygen atoms in total. The van der Waals surface area contributed by atoms with Gasteiger partial charge in [0.05, 0.1) is 7.11 Å². The van der Waals surface area contributed by atoms with Crippen LogP contribution in [0, 0.1) is 0 Å². The first kappa shape index (κ1) is 11.9. The second-order valence-corrected chi connectivity index (χ2v) is 4.34. The smallest absolute Gasteiger partial charge is 0.0572 e. The molecule has 0 amide bonds. The van der Waals surface area contributed by atoms with E-state index in [-0.39, 0.29) is 0 Å². The Morgan fingerprint density at radius 1 is 1.29 bits per heavy atom. The molecule has 0 atom stereocenters. The molecule has 0 saturated carbocycles. The van der Waals surface area contributed by atoms with E-state index in [1.165, 1.54) is 15.4 Å². The Kier molecular flexibility index (Phi) is 5.40. The molecule has 1 aromatic carbocycles. The van der Waals surface area contributed by atoms with Crippen molar-refractivity contribution in [2.75, 3.05) is 19.6 Å². The Bertz CT molecular complexity index is 291. The van der Waals surface area contributed by atoms with Gasteiger partial charge in [0, 0.05) is 16.3 Å². The minimum Gasteiger partial charge on any atom is -0.305 e. The number of hydroxylamine groups is 1. The molecule has 0 saturated heterocycles. The average Bonchev–Trinajstić information content (AvgIpc) is 2.25. The lowest BCUT2D eigenvalue weighted by atomic mass is 10.2. The molecule has 0 heterocycles. The van der Waals surface area contributed by atoms with E-state index in [2.05, 4.69) is 36.2 Å². The Morgan fingerprint density at radius 3 is 2.64 bits per heavy atom. The normalized spacial score (nSPS) is 10.5. The van der Waals surface area contributed by atoms with Crippen molar-refractivity contribution < 1.29 is 4.84 Å². The predicted molar refractivity (Wildman–Crippen MR) is 63.9 cm³/mol. The lowest BCUT2D eigenvalue weighted by Crippen LogP contribution is -2.11. The largest absolute Gasteiger partial charge is 0.305 e. The first-order valence-corrected chi connectivity index (χ1v) is 6.74. The van der Waals surface area contributed by atoms with Gasteiger partial charge in [0.25, 0.3) is 0 Å². The molecule has 14 heavy (non-hydrogen) atoms. The second kappa shape index (κ2) is 6.35. The van der Waals surface area contributed by atoms with Crippen LogP contribution in [-0.4, -0.2) is 19.6 Å². The predicted octanol–water partition coefficient (Wildman–Crippen LogP) is 2.78. The van der Waals surface area contributed by atoms with Crippen LogP contribution in [0.3, 0.4) is 0 Å². The number of thioether (sulfide) groups is 2. The molecular formula is C10H15NOS2. The fraction of sp³-hybridized carbons (Fsp3) is 0.400. The summed E-state index contributed by atoms with van der Waals surface area (Å²) in [7, 11) is 1.64. The summed E-state index contributed by atoms with van der Waals surface area (Å²) < 4.78 is 0. The summed E-state index contributed by atoms with van der Waals surface area (Å²) in [6.45, 7) is 0.751. The Morgan fingerprint density at radius 2 is 2.07 bits per heavy atom. The maximum Gasteiger partial charge on any atom is 0.0572 e. The topological polar surface area (TPSA) is 21.3 Å². The van der Waals surface area contributed by atoms with Gasteiger partial charge in [0.2, 0.25) is 0 Å². The molecule has 4 heteroatoms. The molecule has 78 valence electrons. The van der Waals surface area contributed by atoms with E-state index >= 15 is 0 Å². The van der Waals surface area contributed by atoms with Gasteiger partial charge in [-0.05, 0) is 24.1 Å². The standard InChI is InChI=1S/C10H15NOS2/c1-12-11-7-8-5-4-6-9(13-2)10(8)14-3/h4-6,11H,7H2,1-3H3. The van der Waals surface area contributed by atoms with Gasteiger partial charge in [0.1, 0.15) is 0 Å². The zero-order chi connectivity index (χ0) is 10.4. The number of hydrogen-bond acceptors (Lipinski definition) is 4. The van der Waals surface area contributed by atoms with Crippen LogP contribution in [-0.2, 0) is 11.4 Å². The van der Waals surface area contributed by atoms with E-state index in [1.54, 1.807) is 30.6 Å². The van der Waals surface area contributed by atoms with Crippen LogP contribution in [0.15, 0.2) is 28.0 Å². The number of benzene rings is 1. The van der Waals surface area contributed by atoms with Crippen LogP contribution < -0.4 is 5.48 Å². The molecule has 0 aromatic heterocycles. The number of rotatable bonds is 5. The van der Waals surface area contributed by atoms with Crippen LogP contribution in [0.4, 0.5) is 0 Å². The first-order valence-electron chi connectivity index (χ1n) is 4.29. The van der Waals surface area contributed by atoms with Crippen molar-refractivity contribution in [2.24, 2.45) is 0 Å². The van der Waals surface area contributed by atoms with Crippen molar-refractivity contribution in [1.82, 2.24) is 5.48 Å².